The lowest BCUT2D eigenvalue weighted by Crippen LogP contribution is -2.21. The van der Waals surface area contributed by atoms with E-state index in [1.807, 2.05) is 6.92 Å². The number of aliphatic hydroxyl groups excluding tert-OH is 1. The number of aliphatic hydroxyl groups is 1. The molecule has 1 aliphatic carbocycles. The van der Waals surface area contributed by atoms with Crippen LogP contribution in [-0.4, -0.2) is 27.5 Å². The number of nitrogens with zero attached hydrogens (tertiary/aromatic N) is 2. The normalized spacial score (nSPS) is 18.0. The van der Waals surface area contributed by atoms with Crippen LogP contribution in [0.5, 0.6) is 0 Å². The fourth-order valence-corrected chi connectivity index (χ4v) is 4.01. The first-order chi connectivity index (χ1) is 11.4. The summed E-state index contributed by atoms with van der Waals surface area (Å²) in [7, 11) is 0. The van der Waals surface area contributed by atoms with Gasteiger partial charge in [0.1, 0.15) is 10.6 Å². The second kappa shape index (κ2) is 6.58. The number of thiophene rings is 1. The molecule has 4 N–H and O–H groups in total. The molecule has 1 atom stereocenters. The summed E-state index contributed by atoms with van der Waals surface area (Å²) in [6.07, 6.45) is 1.71. The molecule has 1 amide bonds. The van der Waals surface area contributed by atoms with Crippen LogP contribution in [0.4, 0.5) is 5.95 Å². The molecule has 2 heterocycles. The Morgan fingerprint density at radius 2 is 2.25 bits per heavy atom. The molecule has 0 bridgehead atoms. The molecule has 3 rings (SSSR count). The van der Waals surface area contributed by atoms with Crippen LogP contribution >= 0.6 is 34.5 Å². The van der Waals surface area contributed by atoms with Gasteiger partial charge in [-0.15, -0.1) is 11.3 Å². The molecule has 1 unspecified atom stereocenters. The zero-order chi connectivity index (χ0) is 17.4. The van der Waals surface area contributed by atoms with Crippen LogP contribution in [0.15, 0.2) is 28.0 Å². The van der Waals surface area contributed by atoms with Crippen molar-refractivity contribution in [2.45, 2.75) is 19.3 Å². The van der Waals surface area contributed by atoms with Crippen molar-refractivity contribution in [3.05, 3.63) is 38.5 Å². The molecular weight excluding hydrogens is 371 g/mol. The number of hydrogen-bond donors (Lipinski definition) is 3. The molecule has 1 aliphatic rings. The maximum Gasteiger partial charge on any atom is 0.261 e. The minimum atomic E-state index is -0.390. The van der Waals surface area contributed by atoms with E-state index in [4.69, 9.17) is 28.9 Å². The van der Waals surface area contributed by atoms with Gasteiger partial charge in [0.15, 0.2) is 0 Å². The number of halogens is 2. The molecule has 0 spiro atoms. The Morgan fingerprint density at radius 3 is 2.96 bits per heavy atom. The van der Waals surface area contributed by atoms with E-state index in [-0.39, 0.29) is 29.1 Å². The van der Waals surface area contributed by atoms with E-state index in [1.165, 1.54) is 17.4 Å². The first-order valence-electron chi connectivity index (χ1n) is 7.20. The Hall–Kier alpha value is -1.83. The predicted octanol–water partition coefficient (Wildman–Crippen LogP) is 3.64. The highest BCUT2D eigenvalue weighted by Gasteiger charge is 2.28. The third-order valence-electron chi connectivity index (χ3n) is 3.60. The van der Waals surface area contributed by atoms with E-state index in [2.05, 4.69) is 15.3 Å². The average molecular weight is 385 g/mol. The highest BCUT2D eigenvalue weighted by molar-refractivity contribution is 7.20. The van der Waals surface area contributed by atoms with Crippen molar-refractivity contribution in [3.8, 4) is 0 Å². The Labute approximate surface area is 152 Å². The van der Waals surface area contributed by atoms with E-state index in [9.17, 15) is 9.90 Å². The van der Waals surface area contributed by atoms with Gasteiger partial charge in [-0.3, -0.25) is 4.79 Å². The SMILES string of the molecule is CCNC(=O)c1cc2c(C3CC(O)=C(Cl)C=C3Cl)nc(N)nc2s1. The van der Waals surface area contributed by atoms with Crippen LogP contribution in [0.2, 0.25) is 0 Å². The Kier molecular flexibility index (Phi) is 4.67. The van der Waals surface area contributed by atoms with Gasteiger partial charge in [0.25, 0.3) is 5.91 Å². The smallest absolute Gasteiger partial charge is 0.261 e. The lowest BCUT2D eigenvalue weighted by molar-refractivity contribution is 0.0960. The largest absolute Gasteiger partial charge is 0.511 e. The van der Waals surface area contributed by atoms with Crippen LogP contribution in [0.25, 0.3) is 10.2 Å². The van der Waals surface area contributed by atoms with Gasteiger partial charge < -0.3 is 16.2 Å². The fourth-order valence-electron chi connectivity index (χ4n) is 2.51. The van der Waals surface area contributed by atoms with Crippen LogP contribution in [0, 0.1) is 0 Å². The molecule has 9 heteroatoms. The van der Waals surface area contributed by atoms with E-state index < -0.39 is 5.92 Å². The van der Waals surface area contributed by atoms with Gasteiger partial charge in [-0.1, -0.05) is 23.2 Å². The van der Waals surface area contributed by atoms with Crippen molar-refractivity contribution in [1.29, 1.82) is 0 Å². The molecule has 0 aliphatic heterocycles. The molecule has 0 radical (unpaired) electrons. The number of hydrogen-bond acceptors (Lipinski definition) is 6. The zero-order valence-corrected chi connectivity index (χ0v) is 15.0. The fraction of sp³-hybridized carbons (Fsp3) is 0.267. The summed E-state index contributed by atoms with van der Waals surface area (Å²) < 4.78 is 0. The molecule has 126 valence electrons. The molecular formula is C15H14Cl2N4O2S. The van der Waals surface area contributed by atoms with Gasteiger partial charge in [0, 0.05) is 29.3 Å². The van der Waals surface area contributed by atoms with Gasteiger partial charge >= 0.3 is 0 Å². The zero-order valence-electron chi connectivity index (χ0n) is 12.6. The molecule has 6 nitrogen and oxygen atoms in total. The van der Waals surface area contributed by atoms with Gasteiger partial charge in [0.2, 0.25) is 5.95 Å². The minimum Gasteiger partial charge on any atom is -0.511 e. The number of anilines is 1. The lowest BCUT2D eigenvalue weighted by atomic mass is 9.93. The van der Waals surface area contributed by atoms with Crippen molar-refractivity contribution in [2.75, 3.05) is 12.3 Å². The van der Waals surface area contributed by atoms with Gasteiger partial charge in [-0.05, 0) is 19.1 Å². The average Bonchev–Trinajstić information content (AvgIpc) is 2.94. The molecule has 24 heavy (non-hydrogen) atoms. The first kappa shape index (κ1) is 17.0. The maximum atomic E-state index is 12.1. The summed E-state index contributed by atoms with van der Waals surface area (Å²) in [5, 5.41) is 14.0. The topological polar surface area (TPSA) is 101 Å². The van der Waals surface area contributed by atoms with Crippen molar-refractivity contribution in [2.24, 2.45) is 0 Å². The van der Waals surface area contributed by atoms with Crippen LogP contribution in [0.3, 0.4) is 0 Å². The number of nitrogen functional groups attached to an aromatic ring is 1. The number of allylic oxidation sites excluding steroid dienone is 4. The molecule has 2 aromatic heterocycles. The monoisotopic (exact) mass is 384 g/mol. The summed E-state index contributed by atoms with van der Waals surface area (Å²) in [6.45, 7) is 2.38. The lowest BCUT2D eigenvalue weighted by Gasteiger charge is -2.20. The Balaban J connectivity index is 2.11. The second-order valence-corrected chi connectivity index (χ2v) is 7.11. The molecule has 0 saturated carbocycles. The number of rotatable bonds is 3. The predicted molar refractivity (Wildman–Crippen MR) is 96.6 cm³/mol. The van der Waals surface area contributed by atoms with Gasteiger partial charge in [0.05, 0.1) is 15.6 Å². The number of amides is 1. The number of fused-ring (bicyclic) bond motifs is 1. The number of aromatic nitrogens is 2. The summed E-state index contributed by atoms with van der Waals surface area (Å²) in [6, 6.07) is 1.72. The third kappa shape index (κ3) is 3.07. The van der Waals surface area contributed by atoms with Crippen molar-refractivity contribution in [1.82, 2.24) is 15.3 Å². The number of carbonyl (C=O) groups excluding carboxylic acids is 1. The van der Waals surface area contributed by atoms with Gasteiger partial charge in [-0.2, -0.15) is 0 Å². The van der Waals surface area contributed by atoms with Crippen LogP contribution in [-0.2, 0) is 0 Å². The van der Waals surface area contributed by atoms with E-state index in [0.29, 0.717) is 32.4 Å². The Bertz CT molecular complexity index is 891. The van der Waals surface area contributed by atoms with Gasteiger partial charge in [-0.25, -0.2) is 9.97 Å². The first-order valence-corrected chi connectivity index (χ1v) is 8.77. The maximum absolute atomic E-state index is 12.1. The summed E-state index contributed by atoms with van der Waals surface area (Å²) in [5.74, 6) is -0.443. The van der Waals surface area contributed by atoms with E-state index in [1.54, 1.807) is 6.07 Å². The molecule has 0 saturated heterocycles. The summed E-state index contributed by atoms with van der Waals surface area (Å²) in [5.41, 5.74) is 6.37. The standard InChI is InChI=1S/C15H14Cl2N4O2S/c1-2-19-13(23)11-4-7-12(20-15(18)21-14(7)24-11)6-3-10(22)9(17)5-8(6)16/h4-6,22H,2-3H2,1H3,(H,19,23)(H2,18,20,21). The quantitative estimate of drug-likeness (QED) is 0.749. The summed E-state index contributed by atoms with van der Waals surface area (Å²) >= 11 is 13.4. The number of carbonyl (C=O) groups is 1. The van der Waals surface area contributed by atoms with Crippen molar-refractivity contribution < 1.29 is 9.90 Å². The minimum absolute atomic E-state index is 0.0376. The van der Waals surface area contributed by atoms with Crippen LogP contribution in [0.1, 0.15) is 34.6 Å². The third-order valence-corrected chi connectivity index (χ3v) is 5.33. The highest BCUT2D eigenvalue weighted by Crippen LogP contribution is 2.41. The number of nitrogens with one attached hydrogen (secondary N) is 1. The van der Waals surface area contributed by atoms with E-state index in [0.717, 1.165) is 0 Å². The molecule has 0 fully saturated rings. The molecule has 2 aromatic rings. The molecule has 0 aromatic carbocycles. The van der Waals surface area contributed by atoms with Crippen LogP contribution < -0.4 is 11.1 Å². The van der Waals surface area contributed by atoms with Crippen molar-refractivity contribution in [3.63, 3.8) is 0 Å². The highest BCUT2D eigenvalue weighted by atomic mass is 35.5. The van der Waals surface area contributed by atoms with Crippen molar-refractivity contribution >= 4 is 56.6 Å². The van der Waals surface area contributed by atoms with E-state index >= 15 is 0 Å². The Morgan fingerprint density at radius 1 is 1.50 bits per heavy atom. The summed E-state index contributed by atoms with van der Waals surface area (Å²) in [4.78, 5) is 21.7. The number of nitrogens with two attached hydrogens (primary N) is 1. The second-order valence-electron chi connectivity index (χ2n) is 5.24.